The number of hydrogen-bond donors (Lipinski definition) is 3. The summed E-state index contributed by atoms with van der Waals surface area (Å²) in [6.07, 6.45) is 0.946. The molecule has 2 aliphatic carbocycles. The number of carbonyl (C=O) groups excluding carboxylic acids is 1. The molecule has 1 saturated heterocycles. The number of hydrogen-bond acceptors (Lipinski definition) is 4. The molecule has 6 atom stereocenters. The summed E-state index contributed by atoms with van der Waals surface area (Å²) >= 11 is 0. The van der Waals surface area contributed by atoms with E-state index in [0.29, 0.717) is 11.6 Å². The van der Waals surface area contributed by atoms with Crippen molar-refractivity contribution in [2.75, 3.05) is 4.90 Å². The summed E-state index contributed by atoms with van der Waals surface area (Å²) in [6.45, 7) is 0. The van der Waals surface area contributed by atoms with Crippen molar-refractivity contribution in [3.8, 4) is 5.75 Å². The first-order valence-electron chi connectivity index (χ1n) is 9.59. The van der Waals surface area contributed by atoms with Gasteiger partial charge in [-0.3, -0.25) is 9.69 Å². The Kier molecular flexibility index (Phi) is 3.74. The van der Waals surface area contributed by atoms with Crippen LogP contribution in [0.3, 0.4) is 0 Å². The molecule has 2 aromatic carbocycles. The molecule has 0 radical (unpaired) electrons. The number of amides is 1. The second-order valence-electron chi connectivity index (χ2n) is 8.14. The summed E-state index contributed by atoms with van der Waals surface area (Å²) in [4.78, 5) is 25.9. The molecule has 3 N–H and O–H groups in total. The van der Waals surface area contributed by atoms with E-state index in [1.807, 2.05) is 18.2 Å². The number of anilines is 1. The van der Waals surface area contributed by atoms with Crippen LogP contribution < -0.4 is 4.90 Å². The first-order valence-corrected chi connectivity index (χ1v) is 9.59. The van der Waals surface area contributed by atoms with Crippen LogP contribution in [0, 0.1) is 23.7 Å². The van der Waals surface area contributed by atoms with Gasteiger partial charge in [-0.05, 0) is 54.4 Å². The molecular formula is C22H21NO5. The van der Waals surface area contributed by atoms with Crippen LogP contribution in [0.2, 0.25) is 0 Å². The molecule has 144 valence electrons. The zero-order valence-electron chi connectivity index (χ0n) is 15.1. The maximum absolute atomic E-state index is 13.3. The van der Waals surface area contributed by atoms with Gasteiger partial charge < -0.3 is 15.3 Å². The molecule has 3 fully saturated rings. The molecule has 1 heterocycles. The molecule has 1 amide bonds. The van der Waals surface area contributed by atoms with Crippen LogP contribution in [0.1, 0.15) is 34.7 Å². The van der Waals surface area contributed by atoms with E-state index < -0.39 is 12.2 Å². The number of fused-ring (bicyclic) bond motifs is 5. The summed E-state index contributed by atoms with van der Waals surface area (Å²) in [7, 11) is 0. The zero-order chi connectivity index (χ0) is 19.6. The minimum atomic E-state index is -1.27. The van der Waals surface area contributed by atoms with Crippen molar-refractivity contribution in [1.29, 1.82) is 0 Å². The van der Waals surface area contributed by atoms with Gasteiger partial charge in [-0.15, -0.1) is 0 Å². The third kappa shape index (κ3) is 2.31. The largest absolute Gasteiger partial charge is 0.507 e. The Morgan fingerprint density at radius 1 is 1.07 bits per heavy atom. The number of phenols is 1. The minimum Gasteiger partial charge on any atom is -0.507 e. The highest BCUT2D eigenvalue weighted by Gasteiger charge is 2.63. The molecule has 0 spiro atoms. The molecule has 0 aromatic heterocycles. The number of aliphatic hydroxyl groups excluding tert-OH is 1. The average Bonchev–Trinajstić information content (AvgIpc) is 3.35. The SMILES string of the molecule is O=C(O)c1cc(N2C(=O)[C@@H]3C4CC(CC4c4ccccc4)C3C2O)ccc1O. The van der Waals surface area contributed by atoms with Crippen LogP contribution in [0.5, 0.6) is 5.75 Å². The smallest absolute Gasteiger partial charge is 0.339 e. The van der Waals surface area contributed by atoms with Crippen molar-refractivity contribution in [2.45, 2.75) is 25.0 Å². The lowest BCUT2D eigenvalue weighted by molar-refractivity contribution is -0.122. The summed E-state index contributed by atoms with van der Waals surface area (Å²) in [5.41, 5.74) is 1.28. The molecule has 6 heteroatoms. The standard InChI is InChI=1S/C22H21NO5/c24-17-7-6-13(10-16(17)22(27)28)23-20(25)18-12-8-14(11-4-2-1-3-5-11)15(9-12)19(18)21(23)26/h1-7,10,12,14-15,18-20,24-25H,8-9H2,(H,27,28)/t12?,14?,15?,18?,19-,20?/m1/s1. The fourth-order valence-electron chi connectivity index (χ4n) is 5.85. The van der Waals surface area contributed by atoms with Crippen LogP contribution in [-0.2, 0) is 4.79 Å². The summed E-state index contributed by atoms with van der Waals surface area (Å²) in [6, 6.07) is 14.2. The lowest BCUT2D eigenvalue weighted by Gasteiger charge is -2.30. The zero-order valence-corrected chi connectivity index (χ0v) is 15.1. The third-order valence-corrected chi connectivity index (χ3v) is 6.92. The van der Waals surface area contributed by atoms with Gasteiger partial charge in [0.25, 0.3) is 0 Å². The fourth-order valence-corrected chi connectivity index (χ4v) is 5.85. The van der Waals surface area contributed by atoms with E-state index in [1.54, 1.807) is 0 Å². The van der Waals surface area contributed by atoms with E-state index in [1.165, 1.54) is 28.7 Å². The Morgan fingerprint density at radius 3 is 2.54 bits per heavy atom. The summed E-state index contributed by atoms with van der Waals surface area (Å²) in [5.74, 6) is -1.36. The normalized spacial score (nSPS) is 33.3. The molecule has 1 aliphatic heterocycles. The number of aromatic hydroxyl groups is 1. The second kappa shape index (κ2) is 6.07. The summed E-state index contributed by atoms with van der Waals surface area (Å²) in [5, 5.41) is 30.0. The van der Waals surface area contributed by atoms with Gasteiger partial charge in [0.2, 0.25) is 5.91 Å². The van der Waals surface area contributed by atoms with Crippen molar-refractivity contribution < 1.29 is 24.9 Å². The number of benzene rings is 2. The van der Waals surface area contributed by atoms with Crippen LogP contribution in [0.25, 0.3) is 0 Å². The maximum atomic E-state index is 13.3. The van der Waals surface area contributed by atoms with Crippen molar-refractivity contribution in [3.63, 3.8) is 0 Å². The molecule has 3 aliphatic rings. The van der Waals surface area contributed by atoms with Gasteiger partial charge in [0.15, 0.2) is 0 Å². The third-order valence-electron chi connectivity index (χ3n) is 6.92. The van der Waals surface area contributed by atoms with E-state index in [-0.39, 0.29) is 40.9 Å². The van der Waals surface area contributed by atoms with Crippen LogP contribution in [0.15, 0.2) is 48.5 Å². The topological polar surface area (TPSA) is 98.1 Å². The van der Waals surface area contributed by atoms with Gasteiger partial charge in [-0.1, -0.05) is 30.3 Å². The Bertz CT molecular complexity index is 959. The van der Waals surface area contributed by atoms with E-state index in [0.717, 1.165) is 12.8 Å². The van der Waals surface area contributed by atoms with Crippen molar-refractivity contribution in [1.82, 2.24) is 0 Å². The first kappa shape index (κ1) is 17.3. The van der Waals surface area contributed by atoms with Crippen LogP contribution >= 0.6 is 0 Å². The number of carbonyl (C=O) groups is 2. The Labute approximate surface area is 162 Å². The van der Waals surface area contributed by atoms with E-state index >= 15 is 0 Å². The molecule has 5 rings (SSSR count). The number of aliphatic hydroxyl groups is 1. The van der Waals surface area contributed by atoms with Crippen molar-refractivity contribution in [3.05, 3.63) is 59.7 Å². The maximum Gasteiger partial charge on any atom is 0.339 e. The first-order chi connectivity index (χ1) is 13.5. The predicted molar refractivity (Wildman–Crippen MR) is 101 cm³/mol. The number of rotatable bonds is 3. The lowest BCUT2D eigenvalue weighted by Crippen LogP contribution is -2.36. The van der Waals surface area contributed by atoms with Crippen LogP contribution in [0.4, 0.5) is 5.69 Å². The highest BCUT2D eigenvalue weighted by atomic mass is 16.4. The quantitative estimate of drug-likeness (QED) is 0.762. The fraction of sp³-hybridized carbons (Fsp3) is 0.364. The monoisotopic (exact) mass is 379 g/mol. The number of nitrogens with zero attached hydrogens (tertiary/aromatic N) is 1. The van der Waals surface area contributed by atoms with Gasteiger partial charge in [0.05, 0.1) is 0 Å². The second-order valence-corrected chi connectivity index (χ2v) is 8.14. The molecule has 2 aromatic rings. The molecule has 2 bridgehead atoms. The lowest BCUT2D eigenvalue weighted by atomic mass is 9.72. The Balaban J connectivity index is 1.49. The Hall–Kier alpha value is -2.86. The van der Waals surface area contributed by atoms with E-state index in [2.05, 4.69) is 12.1 Å². The van der Waals surface area contributed by atoms with Gasteiger partial charge in [0.1, 0.15) is 17.5 Å². The van der Waals surface area contributed by atoms with Gasteiger partial charge in [0, 0.05) is 17.5 Å². The molecule has 28 heavy (non-hydrogen) atoms. The predicted octanol–water partition coefficient (Wildman–Crippen LogP) is 2.81. The molecule has 6 nitrogen and oxygen atoms in total. The average molecular weight is 379 g/mol. The van der Waals surface area contributed by atoms with Crippen molar-refractivity contribution in [2.24, 2.45) is 23.7 Å². The number of aromatic carboxylic acids is 1. The van der Waals surface area contributed by atoms with Gasteiger partial charge >= 0.3 is 5.97 Å². The van der Waals surface area contributed by atoms with Crippen molar-refractivity contribution >= 4 is 17.6 Å². The summed E-state index contributed by atoms with van der Waals surface area (Å²) < 4.78 is 0. The highest BCUT2D eigenvalue weighted by molar-refractivity contribution is 6.00. The van der Waals surface area contributed by atoms with Gasteiger partial charge in [-0.25, -0.2) is 4.79 Å². The highest BCUT2D eigenvalue weighted by Crippen LogP contribution is 2.62. The minimum absolute atomic E-state index is 0.125. The molecule has 2 saturated carbocycles. The molecular weight excluding hydrogens is 358 g/mol. The molecule has 5 unspecified atom stereocenters. The Morgan fingerprint density at radius 2 is 1.82 bits per heavy atom. The van der Waals surface area contributed by atoms with E-state index in [9.17, 15) is 24.9 Å². The van der Waals surface area contributed by atoms with Crippen LogP contribution in [-0.4, -0.2) is 33.4 Å². The number of carboxylic acid groups (broad SMARTS) is 1. The van der Waals surface area contributed by atoms with E-state index in [4.69, 9.17) is 0 Å². The number of carboxylic acids is 1. The van der Waals surface area contributed by atoms with Gasteiger partial charge in [-0.2, -0.15) is 0 Å².